The second-order valence-electron chi connectivity index (χ2n) is 7.95. The first-order chi connectivity index (χ1) is 15.2. The largest absolute Gasteiger partial charge is 0.377 e. The van der Waals surface area contributed by atoms with Crippen LogP contribution in [0, 0.1) is 0 Å². The summed E-state index contributed by atoms with van der Waals surface area (Å²) in [4.78, 5) is 23.1. The van der Waals surface area contributed by atoms with E-state index < -0.39 is 0 Å². The number of methoxy groups -OCH3 is 1. The summed E-state index contributed by atoms with van der Waals surface area (Å²) < 4.78 is 7.11. The summed E-state index contributed by atoms with van der Waals surface area (Å²) in [5, 5.41) is 11.4. The molecule has 0 spiro atoms. The summed E-state index contributed by atoms with van der Waals surface area (Å²) in [6, 6.07) is 8.37. The summed E-state index contributed by atoms with van der Waals surface area (Å²) in [6.07, 6.45) is 3.45. The molecule has 1 unspecified atom stereocenters. The zero-order chi connectivity index (χ0) is 21.6. The first-order valence-electron chi connectivity index (χ1n) is 11.0. The van der Waals surface area contributed by atoms with Gasteiger partial charge in [0.05, 0.1) is 13.1 Å². The van der Waals surface area contributed by atoms with Crippen LogP contribution in [0.3, 0.4) is 0 Å². The summed E-state index contributed by atoms with van der Waals surface area (Å²) in [7, 11) is 1.66. The van der Waals surface area contributed by atoms with Crippen molar-refractivity contribution < 1.29 is 9.53 Å². The summed E-state index contributed by atoms with van der Waals surface area (Å²) in [5.74, 6) is 2.76. The van der Waals surface area contributed by atoms with E-state index >= 15 is 0 Å². The first-order valence-corrected chi connectivity index (χ1v) is 11.0. The van der Waals surface area contributed by atoms with Crippen molar-refractivity contribution in [2.24, 2.45) is 4.99 Å². The number of ether oxygens (including phenoxy) is 1. The standard InChI is InChI=1S/C22H31N7O2.HI/c1-3-23-22(25-17-8-11-20-26-19(15-31-2)27-29(20)14-17)24-13-16-6-9-18(10-7-16)28-12-4-5-21(28)30;/h6-7,9-10,17H,3-5,8,11-15H2,1-2H3,(H2,23,24,25);1H. The zero-order valence-electron chi connectivity index (χ0n) is 18.7. The van der Waals surface area contributed by atoms with Gasteiger partial charge in [0.1, 0.15) is 12.4 Å². The molecular formula is C22H32IN7O2. The Hall–Kier alpha value is -2.21. The fourth-order valence-electron chi connectivity index (χ4n) is 4.05. The number of nitrogens with one attached hydrogen (secondary N) is 2. The molecule has 2 aliphatic rings. The number of carbonyl (C=O) groups excluding carboxylic acids is 1. The fraction of sp³-hybridized carbons (Fsp3) is 0.545. The molecule has 0 radical (unpaired) electrons. The van der Waals surface area contributed by atoms with Gasteiger partial charge in [0, 0.05) is 44.8 Å². The van der Waals surface area contributed by atoms with Gasteiger partial charge in [0.2, 0.25) is 5.91 Å². The molecule has 0 saturated carbocycles. The Labute approximate surface area is 206 Å². The number of benzene rings is 1. The minimum absolute atomic E-state index is 0. The molecule has 0 aliphatic carbocycles. The molecule has 4 rings (SSSR count). The third kappa shape index (κ3) is 5.97. The van der Waals surface area contributed by atoms with Gasteiger partial charge in [-0.3, -0.25) is 4.79 Å². The number of aromatic nitrogens is 3. The number of rotatable bonds is 7. The SMILES string of the molecule is CCNC(=NCc1ccc(N2CCCC2=O)cc1)NC1CCc2nc(COC)nn2C1.I. The van der Waals surface area contributed by atoms with E-state index in [0.717, 1.165) is 67.8 Å². The second-order valence-corrected chi connectivity index (χ2v) is 7.95. The molecule has 1 fully saturated rings. The third-order valence-corrected chi connectivity index (χ3v) is 5.60. The molecule has 2 N–H and O–H groups in total. The maximum absolute atomic E-state index is 11.9. The minimum atomic E-state index is 0. The Morgan fingerprint density at radius 1 is 1.28 bits per heavy atom. The molecule has 1 aromatic carbocycles. The molecule has 174 valence electrons. The molecule has 0 bridgehead atoms. The minimum Gasteiger partial charge on any atom is -0.377 e. The van der Waals surface area contributed by atoms with Gasteiger partial charge in [0.15, 0.2) is 11.8 Å². The summed E-state index contributed by atoms with van der Waals surface area (Å²) in [6.45, 7) is 5.44. The third-order valence-electron chi connectivity index (χ3n) is 5.60. The maximum atomic E-state index is 11.9. The van der Waals surface area contributed by atoms with Gasteiger partial charge in [-0.15, -0.1) is 24.0 Å². The average Bonchev–Trinajstić information content (AvgIpc) is 3.38. The van der Waals surface area contributed by atoms with Gasteiger partial charge >= 0.3 is 0 Å². The number of aryl methyl sites for hydroxylation is 1. The van der Waals surface area contributed by atoms with E-state index in [1.54, 1.807) is 7.11 Å². The topological polar surface area (TPSA) is 96.7 Å². The van der Waals surface area contributed by atoms with E-state index in [-0.39, 0.29) is 35.9 Å². The number of aliphatic imine (C=N–C) groups is 1. The van der Waals surface area contributed by atoms with Crippen LogP contribution in [0.1, 0.15) is 43.4 Å². The summed E-state index contributed by atoms with van der Waals surface area (Å²) in [5.41, 5.74) is 2.08. The average molecular weight is 553 g/mol. The number of anilines is 1. The van der Waals surface area contributed by atoms with Crippen LogP contribution >= 0.6 is 24.0 Å². The molecule has 9 nitrogen and oxygen atoms in total. The van der Waals surface area contributed by atoms with E-state index in [1.165, 1.54) is 0 Å². The van der Waals surface area contributed by atoms with Crippen LogP contribution in [0.5, 0.6) is 0 Å². The van der Waals surface area contributed by atoms with Crippen molar-refractivity contribution in [1.29, 1.82) is 0 Å². The van der Waals surface area contributed by atoms with Gasteiger partial charge in [0.25, 0.3) is 0 Å². The Kier molecular flexibility index (Phi) is 8.85. The van der Waals surface area contributed by atoms with E-state index in [2.05, 4.69) is 27.6 Å². The van der Waals surface area contributed by atoms with Crippen LogP contribution in [0.15, 0.2) is 29.3 Å². The molecule has 2 aromatic rings. The lowest BCUT2D eigenvalue weighted by atomic mass is 10.1. The number of hydrogen-bond acceptors (Lipinski definition) is 5. The number of fused-ring (bicyclic) bond motifs is 1. The molecule has 1 aromatic heterocycles. The van der Waals surface area contributed by atoms with Gasteiger partial charge in [-0.1, -0.05) is 12.1 Å². The van der Waals surface area contributed by atoms with Gasteiger partial charge < -0.3 is 20.3 Å². The Morgan fingerprint density at radius 2 is 2.09 bits per heavy atom. The van der Waals surface area contributed by atoms with Crippen molar-refractivity contribution in [3.63, 3.8) is 0 Å². The van der Waals surface area contributed by atoms with Gasteiger partial charge in [-0.05, 0) is 37.5 Å². The molecule has 32 heavy (non-hydrogen) atoms. The van der Waals surface area contributed by atoms with Crippen molar-refractivity contribution in [3.05, 3.63) is 41.5 Å². The number of amides is 1. The van der Waals surface area contributed by atoms with Crippen LogP contribution in [-0.4, -0.2) is 52.9 Å². The van der Waals surface area contributed by atoms with Crippen LogP contribution < -0.4 is 15.5 Å². The number of nitrogens with zero attached hydrogens (tertiary/aromatic N) is 5. The van der Waals surface area contributed by atoms with E-state index in [4.69, 9.17) is 9.73 Å². The lowest BCUT2D eigenvalue weighted by molar-refractivity contribution is -0.117. The second kappa shape index (κ2) is 11.6. The monoisotopic (exact) mass is 553 g/mol. The molecule has 3 heterocycles. The lowest BCUT2D eigenvalue weighted by Gasteiger charge is -2.25. The predicted octanol–water partition coefficient (Wildman–Crippen LogP) is 2.24. The molecular weight excluding hydrogens is 521 g/mol. The van der Waals surface area contributed by atoms with E-state index in [1.807, 2.05) is 33.8 Å². The molecule has 1 atom stereocenters. The van der Waals surface area contributed by atoms with E-state index in [9.17, 15) is 4.79 Å². The van der Waals surface area contributed by atoms with E-state index in [0.29, 0.717) is 19.6 Å². The number of carbonyl (C=O) groups is 1. The Morgan fingerprint density at radius 3 is 2.78 bits per heavy atom. The maximum Gasteiger partial charge on any atom is 0.227 e. The van der Waals surface area contributed by atoms with Crippen LogP contribution in [0.4, 0.5) is 5.69 Å². The van der Waals surface area contributed by atoms with Crippen LogP contribution in [-0.2, 0) is 35.6 Å². The van der Waals surface area contributed by atoms with Crippen LogP contribution in [0.25, 0.3) is 0 Å². The number of halogens is 1. The number of guanidine groups is 1. The lowest BCUT2D eigenvalue weighted by Crippen LogP contribution is -2.47. The highest BCUT2D eigenvalue weighted by atomic mass is 127. The molecule has 10 heteroatoms. The highest BCUT2D eigenvalue weighted by Crippen LogP contribution is 2.21. The molecule has 1 saturated heterocycles. The quantitative estimate of drug-likeness (QED) is 0.310. The van der Waals surface area contributed by atoms with Crippen molar-refractivity contribution >= 4 is 41.5 Å². The highest BCUT2D eigenvalue weighted by Gasteiger charge is 2.23. The summed E-state index contributed by atoms with van der Waals surface area (Å²) >= 11 is 0. The zero-order valence-corrected chi connectivity index (χ0v) is 21.0. The molecule has 2 aliphatic heterocycles. The highest BCUT2D eigenvalue weighted by molar-refractivity contribution is 14.0. The smallest absolute Gasteiger partial charge is 0.227 e. The predicted molar refractivity (Wildman–Crippen MR) is 134 cm³/mol. The van der Waals surface area contributed by atoms with Crippen molar-refractivity contribution in [1.82, 2.24) is 25.4 Å². The van der Waals surface area contributed by atoms with Crippen molar-refractivity contribution in [2.75, 3.05) is 25.1 Å². The van der Waals surface area contributed by atoms with Crippen LogP contribution in [0.2, 0.25) is 0 Å². The molecule has 1 amide bonds. The first kappa shape index (κ1) is 24.4. The normalized spacial score (nSPS) is 18.3. The number of hydrogen-bond donors (Lipinski definition) is 2. The Balaban J connectivity index is 0.00000289. The van der Waals surface area contributed by atoms with Gasteiger partial charge in [-0.2, -0.15) is 5.10 Å². The van der Waals surface area contributed by atoms with Crippen molar-refractivity contribution in [2.45, 2.75) is 58.3 Å². The fourth-order valence-corrected chi connectivity index (χ4v) is 4.05. The van der Waals surface area contributed by atoms with Crippen molar-refractivity contribution in [3.8, 4) is 0 Å². The van der Waals surface area contributed by atoms with Gasteiger partial charge in [-0.25, -0.2) is 14.7 Å². The Bertz CT molecular complexity index is 929.